The maximum atomic E-state index is 12.4. The van der Waals surface area contributed by atoms with Crippen molar-refractivity contribution < 1.29 is 14.3 Å². The van der Waals surface area contributed by atoms with E-state index in [1.807, 2.05) is 51.1 Å². The van der Waals surface area contributed by atoms with Crippen molar-refractivity contribution in [2.75, 3.05) is 18.4 Å². The van der Waals surface area contributed by atoms with Crippen molar-refractivity contribution in [2.45, 2.75) is 51.7 Å². The predicted molar refractivity (Wildman–Crippen MR) is 120 cm³/mol. The van der Waals surface area contributed by atoms with Crippen LogP contribution in [0, 0.1) is 17.2 Å². The number of nitriles is 1. The maximum Gasteiger partial charge on any atom is 0.410 e. The number of aromatic nitrogens is 2. The van der Waals surface area contributed by atoms with Crippen molar-refractivity contribution in [1.82, 2.24) is 14.7 Å². The molecule has 2 amide bonds. The van der Waals surface area contributed by atoms with Crippen LogP contribution in [-0.2, 0) is 4.74 Å². The second-order valence-electron chi connectivity index (χ2n) is 8.96. The zero-order valence-corrected chi connectivity index (χ0v) is 18.7. The molecule has 32 heavy (non-hydrogen) atoms. The first-order valence-corrected chi connectivity index (χ1v) is 10.7. The summed E-state index contributed by atoms with van der Waals surface area (Å²) in [6, 6.07) is 11.4. The topological polar surface area (TPSA) is 126 Å². The van der Waals surface area contributed by atoms with E-state index in [0.29, 0.717) is 31.7 Å². The normalized spacial score (nSPS) is 15.6. The summed E-state index contributed by atoms with van der Waals surface area (Å²) in [6.45, 7) is 6.61. The molecule has 2 aromatic rings. The minimum atomic E-state index is -0.592. The van der Waals surface area contributed by atoms with Crippen LogP contribution in [-0.4, -0.2) is 45.4 Å². The first kappa shape index (κ1) is 23.1. The fraction of sp³-hybridized carbons (Fsp3) is 0.478. The first-order valence-electron chi connectivity index (χ1n) is 10.7. The van der Waals surface area contributed by atoms with Gasteiger partial charge in [0.25, 0.3) is 5.91 Å². The Morgan fingerprint density at radius 2 is 1.94 bits per heavy atom. The number of amides is 2. The molecule has 3 rings (SSSR count). The second-order valence-corrected chi connectivity index (χ2v) is 8.96. The number of piperidine rings is 1. The number of anilines is 2. The monoisotopic (exact) mass is 438 g/mol. The van der Waals surface area contributed by atoms with Crippen molar-refractivity contribution in [3.05, 3.63) is 42.1 Å². The molecule has 1 aromatic carbocycles. The van der Waals surface area contributed by atoms with Gasteiger partial charge in [-0.25, -0.2) is 4.79 Å². The van der Waals surface area contributed by atoms with E-state index in [4.69, 9.17) is 10.5 Å². The molecule has 3 N–H and O–H groups in total. The molecule has 9 heteroatoms. The van der Waals surface area contributed by atoms with E-state index >= 15 is 0 Å². The fourth-order valence-corrected chi connectivity index (χ4v) is 3.86. The Labute approximate surface area is 188 Å². The number of likely N-dealkylation sites (tertiary alicyclic amines) is 1. The van der Waals surface area contributed by atoms with Gasteiger partial charge in [-0.2, -0.15) is 10.4 Å². The van der Waals surface area contributed by atoms with E-state index < -0.39 is 11.5 Å². The van der Waals surface area contributed by atoms with Crippen LogP contribution in [0.2, 0.25) is 0 Å². The predicted octanol–water partition coefficient (Wildman–Crippen LogP) is 3.83. The summed E-state index contributed by atoms with van der Waals surface area (Å²) in [5.74, 6) is -0.110. The zero-order chi connectivity index (χ0) is 23.3. The standard InChI is InChI=1S/C23H30N6O3/c1-23(2,3)32-22(31)28-13-10-16(11-14-28)19(9-12-24)29-15-18(20(25)30)21(27-29)26-17-7-5-4-6-8-17/h4-8,15-16,19H,9-11,13-14H2,1-3H3,(H2,25,30)(H,26,27). The minimum absolute atomic E-state index is 0.124. The van der Waals surface area contributed by atoms with E-state index in [-0.39, 0.29) is 30.0 Å². The average molecular weight is 439 g/mol. The van der Waals surface area contributed by atoms with Crippen LogP contribution in [0.3, 0.4) is 0 Å². The lowest BCUT2D eigenvalue weighted by atomic mass is 9.88. The highest BCUT2D eigenvalue weighted by atomic mass is 16.6. The molecule has 1 aliphatic heterocycles. The average Bonchev–Trinajstić information content (AvgIpc) is 3.15. The van der Waals surface area contributed by atoms with Crippen molar-refractivity contribution in [1.29, 1.82) is 5.26 Å². The maximum absolute atomic E-state index is 12.4. The highest BCUT2D eigenvalue weighted by Gasteiger charge is 2.32. The molecule has 0 spiro atoms. The lowest BCUT2D eigenvalue weighted by Crippen LogP contribution is -2.43. The van der Waals surface area contributed by atoms with E-state index in [1.165, 1.54) is 0 Å². The highest BCUT2D eigenvalue weighted by Crippen LogP contribution is 2.33. The first-order chi connectivity index (χ1) is 15.2. The van der Waals surface area contributed by atoms with E-state index in [1.54, 1.807) is 15.8 Å². The van der Waals surface area contributed by atoms with Crippen LogP contribution < -0.4 is 11.1 Å². The number of para-hydroxylation sites is 1. The van der Waals surface area contributed by atoms with E-state index in [0.717, 1.165) is 5.69 Å². The minimum Gasteiger partial charge on any atom is -0.444 e. The van der Waals surface area contributed by atoms with E-state index in [2.05, 4.69) is 16.5 Å². The molecule has 0 radical (unpaired) electrons. The van der Waals surface area contributed by atoms with E-state index in [9.17, 15) is 14.9 Å². The summed E-state index contributed by atoms with van der Waals surface area (Å²) in [4.78, 5) is 26.1. The molecule has 9 nitrogen and oxygen atoms in total. The highest BCUT2D eigenvalue weighted by molar-refractivity contribution is 5.98. The molecule has 1 saturated heterocycles. The number of ether oxygens (including phenoxy) is 1. The number of nitrogens with zero attached hydrogens (tertiary/aromatic N) is 4. The lowest BCUT2D eigenvalue weighted by Gasteiger charge is -2.36. The Morgan fingerprint density at radius 3 is 2.50 bits per heavy atom. The third-order valence-electron chi connectivity index (χ3n) is 5.41. The number of nitrogens with one attached hydrogen (secondary N) is 1. The molecule has 170 valence electrons. The van der Waals surface area contributed by atoms with Crippen LogP contribution in [0.25, 0.3) is 0 Å². The van der Waals surface area contributed by atoms with Crippen LogP contribution in [0.1, 0.15) is 56.4 Å². The van der Waals surface area contributed by atoms with Crippen molar-refractivity contribution in [2.24, 2.45) is 11.7 Å². The van der Waals surface area contributed by atoms with Crippen molar-refractivity contribution in [3.63, 3.8) is 0 Å². The molecule has 2 heterocycles. The summed E-state index contributed by atoms with van der Waals surface area (Å²) >= 11 is 0. The molecule has 1 aliphatic rings. The van der Waals surface area contributed by atoms with Gasteiger partial charge in [-0.05, 0) is 51.7 Å². The van der Waals surface area contributed by atoms with Gasteiger partial charge >= 0.3 is 6.09 Å². The van der Waals surface area contributed by atoms with Crippen molar-refractivity contribution >= 4 is 23.5 Å². The SMILES string of the molecule is CC(C)(C)OC(=O)N1CCC(C(CC#N)n2cc(C(N)=O)c(Nc3ccccc3)n2)CC1. The smallest absolute Gasteiger partial charge is 0.410 e. The fourth-order valence-electron chi connectivity index (χ4n) is 3.86. The van der Waals surface area contributed by atoms with Crippen LogP contribution in [0.4, 0.5) is 16.3 Å². The Kier molecular flexibility index (Phi) is 7.03. The van der Waals surface area contributed by atoms with Crippen LogP contribution in [0.5, 0.6) is 0 Å². The summed E-state index contributed by atoms with van der Waals surface area (Å²) in [5, 5.41) is 17.1. The summed E-state index contributed by atoms with van der Waals surface area (Å²) in [5.41, 5.74) is 6.09. The number of nitrogens with two attached hydrogens (primary N) is 1. The molecule has 1 aromatic heterocycles. The van der Waals surface area contributed by atoms with Gasteiger partial charge in [0.2, 0.25) is 0 Å². The molecule has 1 fully saturated rings. The zero-order valence-electron chi connectivity index (χ0n) is 18.7. The Morgan fingerprint density at radius 1 is 1.28 bits per heavy atom. The number of hydrogen-bond donors (Lipinski definition) is 2. The Balaban J connectivity index is 1.76. The van der Waals surface area contributed by atoms with Gasteiger partial charge in [-0.3, -0.25) is 9.48 Å². The number of primary amides is 1. The number of carbonyl (C=O) groups is 2. The largest absolute Gasteiger partial charge is 0.444 e. The summed E-state index contributed by atoms with van der Waals surface area (Å²) < 4.78 is 7.13. The molecular weight excluding hydrogens is 408 g/mol. The molecule has 1 unspecified atom stereocenters. The molecule has 0 saturated carbocycles. The Bertz CT molecular complexity index is 981. The van der Waals surface area contributed by atoms with Crippen molar-refractivity contribution in [3.8, 4) is 6.07 Å². The molecule has 0 aliphatic carbocycles. The van der Waals surface area contributed by atoms with Crippen LogP contribution in [0.15, 0.2) is 36.5 Å². The number of hydrogen-bond acceptors (Lipinski definition) is 6. The number of benzene rings is 1. The molecule has 0 bridgehead atoms. The van der Waals surface area contributed by atoms with Gasteiger partial charge < -0.3 is 20.7 Å². The van der Waals surface area contributed by atoms with Crippen LogP contribution >= 0.6 is 0 Å². The second kappa shape index (κ2) is 9.73. The van der Waals surface area contributed by atoms with Gasteiger partial charge in [-0.1, -0.05) is 18.2 Å². The van der Waals surface area contributed by atoms with Gasteiger partial charge in [0, 0.05) is 25.0 Å². The van der Waals surface area contributed by atoms with Gasteiger partial charge in [0.1, 0.15) is 11.2 Å². The number of rotatable bonds is 6. The van der Waals surface area contributed by atoms with Gasteiger partial charge in [0.05, 0.1) is 18.5 Å². The van der Waals surface area contributed by atoms with Gasteiger partial charge in [0.15, 0.2) is 5.82 Å². The number of carbonyl (C=O) groups excluding carboxylic acids is 2. The summed E-state index contributed by atoms with van der Waals surface area (Å²) in [6.07, 6.45) is 2.94. The summed E-state index contributed by atoms with van der Waals surface area (Å²) in [7, 11) is 0. The molecular formula is C23H30N6O3. The lowest BCUT2D eigenvalue weighted by molar-refractivity contribution is 0.0160. The third-order valence-corrected chi connectivity index (χ3v) is 5.41. The Hall–Kier alpha value is -3.54. The third kappa shape index (κ3) is 5.78. The quantitative estimate of drug-likeness (QED) is 0.706. The van der Waals surface area contributed by atoms with Gasteiger partial charge in [-0.15, -0.1) is 0 Å². The molecule has 1 atom stereocenters.